The van der Waals surface area contributed by atoms with Gasteiger partial charge in [-0.25, -0.2) is 4.98 Å². The monoisotopic (exact) mass is 230 g/mol. The molecule has 1 atom stereocenters. The van der Waals surface area contributed by atoms with Crippen LogP contribution in [0.5, 0.6) is 0 Å². The van der Waals surface area contributed by atoms with E-state index in [-0.39, 0.29) is 5.54 Å². The van der Waals surface area contributed by atoms with E-state index in [0.717, 1.165) is 24.1 Å². The van der Waals surface area contributed by atoms with Crippen LogP contribution in [0.15, 0.2) is 24.3 Å². The molecule has 2 heterocycles. The molecule has 1 aromatic carbocycles. The fourth-order valence-electron chi connectivity index (χ4n) is 1.97. The zero-order valence-corrected chi connectivity index (χ0v) is 9.68. The Kier molecular flexibility index (Phi) is 2.40. The molecule has 0 bridgehead atoms. The van der Waals surface area contributed by atoms with Crippen LogP contribution in [0.25, 0.3) is 11.0 Å². The third-order valence-electron chi connectivity index (χ3n) is 2.99. The number of hydrogen-bond acceptors (Lipinski definition) is 5. The van der Waals surface area contributed by atoms with Crippen LogP contribution in [0.1, 0.15) is 13.3 Å². The van der Waals surface area contributed by atoms with E-state index in [9.17, 15) is 0 Å². The predicted octanol–water partition coefficient (Wildman–Crippen LogP) is 1.62. The molecule has 0 saturated carbocycles. The van der Waals surface area contributed by atoms with Gasteiger partial charge in [-0.2, -0.15) is 0 Å². The summed E-state index contributed by atoms with van der Waals surface area (Å²) in [5.41, 5.74) is 1.59. The largest absolute Gasteiger partial charge is 0.379 e. The van der Waals surface area contributed by atoms with Crippen molar-refractivity contribution in [3.8, 4) is 0 Å². The number of benzene rings is 1. The molecule has 1 aromatic heterocycles. The second kappa shape index (κ2) is 3.92. The fraction of sp³-hybridized carbons (Fsp3) is 0.417. The van der Waals surface area contributed by atoms with Crippen LogP contribution in [0, 0.1) is 0 Å². The van der Waals surface area contributed by atoms with E-state index in [0.29, 0.717) is 12.6 Å². The van der Waals surface area contributed by atoms with Crippen molar-refractivity contribution >= 4 is 17.0 Å². The van der Waals surface area contributed by atoms with E-state index in [1.807, 2.05) is 24.3 Å². The van der Waals surface area contributed by atoms with E-state index >= 15 is 0 Å². The third kappa shape index (κ3) is 2.06. The summed E-state index contributed by atoms with van der Waals surface area (Å²) in [6.07, 6.45) is 0.961. The van der Waals surface area contributed by atoms with E-state index in [1.165, 1.54) is 0 Å². The number of nitrogens with zero attached hydrogens (tertiary/aromatic N) is 3. The molecule has 0 amide bonds. The Morgan fingerprint density at radius 3 is 2.82 bits per heavy atom. The first-order valence-electron chi connectivity index (χ1n) is 5.71. The molecule has 3 rings (SSSR count). The number of para-hydroxylation sites is 1. The fourth-order valence-corrected chi connectivity index (χ4v) is 1.97. The minimum atomic E-state index is -0.0792. The molecule has 1 N–H and O–H groups in total. The van der Waals surface area contributed by atoms with Crippen LogP contribution in [0.4, 0.5) is 5.95 Å². The van der Waals surface area contributed by atoms with Gasteiger partial charge in [0.25, 0.3) is 0 Å². The lowest BCUT2D eigenvalue weighted by Gasteiger charge is -2.22. The summed E-state index contributed by atoms with van der Waals surface area (Å²) < 4.78 is 5.38. The van der Waals surface area contributed by atoms with Crippen molar-refractivity contribution in [3.05, 3.63) is 24.3 Å². The number of fused-ring (bicyclic) bond motifs is 1. The smallest absolute Gasteiger partial charge is 0.243 e. The van der Waals surface area contributed by atoms with Crippen LogP contribution >= 0.6 is 0 Å². The summed E-state index contributed by atoms with van der Waals surface area (Å²) in [6.45, 7) is 3.58. The second-order valence-corrected chi connectivity index (χ2v) is 4.61. The zero-order chi connectivity index (χ0) is 11.7. The van der Waals surface area contributed by atoms with Gasteiger partial charge >= 0.3 is 0 Å². The standard InChI is InChI=1S/C12H14N4O/c1-12(6-7-17-8-12)14-11-13-9-4-2-3-5-10(9)15-16-11/h2-5H,6-8H2,1H3,(H,13,14,16). The quantitative estimate of drug-likeness (QED) is 0.849. The molecule has 0 aliphatic carbocycles. The maximum atomic E-state index is 5.38. The van der Waals surface area contributed by atoms with Gasteiger partial charge in [-0.15, -0.1) is 10.2 Å². The molecule has 1 saturated heterocycles. The number of anilines is 1. The number of ether oxygens (including phenoxy) is 1. The predicted molar refractivity (Wildman–Crippen MR) is 64.8 cm³/mol. The van der Waals surface area contributed by atoms with Gasteiger partial charge in [-0.1, -0.05) is 12.1 Å². The molecule has 17 heavy (non-hydrogen) atoms. The summed E-state index contributed by atoms with van der Waals surface area (Å²) in [5.74, 6) is 0.566. The van der Waals surface area contributed by atoms with Crippen molar-refractivity contribution in [2.24, 2.45) is 0 Å². The van der Waals surface area contributed by atoms with Gasteiger partial charge in [0, 0.05) is 6.61 Å². The topological polar surface area (TPSA) is 59.9 Å². The van der Waals surface area contributed by atoms with E-state index in [4.69, 9.17) is 4.74 Å². The highest BCUT2D eigenvalue weighted by atomic mass is 16.5. The van der Waals surface area contributed by atoms with Crippen molar-refractivity contribution in [1.82, 2.24) is 15.2 Å². The lowest BCUT2D eigenvalue weighted by Crippen LogP contribution is -2.35. The highest BCUT2D eigenvalue weighted by Crippen LogP contribution is 2.22. The van der Waals surface area contributed by atoms with Crippen molar-refractivity contribution < 1.29 is 4.74 Å². The first-order chi connectivity index (χ1) is 8.25. The van der Waals surface area contributed by atoms with Crippen molar-refractivity contribution in [3.63, 3.8) is 0 Å². The lowest BCUT2D eigenvalue weighted by atomic mass is 10.0. The molecule has 0 radical (unpaired) electrons. The van der Waals surface area contributed by atoms with Crippen molar-refractivity contribution in [2.75, 3.05) is 18.5 Å². The van der Waals surface area contributed by atoms with Crippen LogP contribution in [0.3, 0.4) is 0 Å². The van der Waals surface area contributed by atoms with E-state index < -0.39 is 0 Å². The second-order valence-electron chi connectivity index (χ2n) is 4.61. The summed E-state index contributed by atoms with van der Waals surface area (Å²) in [4.78, 5) is 4.44. The molecule has 5 nitrogen and oxygen atoms in total. The molecule has 5 heteroatoms. The summed E-state index contributed by atoms with van der Waals surface area (Å²) in [7, 11) is 0. The van der Waals surface area contributed by atoms with Crippen molar-refractivity contribution in [2.45, 2.75) is 18.9 Å². The number of aromatic nitrogens is 3. The maximum absolute atomic E-state index is 5.38. The summed E-state index contributed by atoms with van der Waals surface area (Å²) in [6, 6.07) is 7.71. The minimum absolute atomic E-state index is 0.0792. The Bertz CT molecular complexity index is 537. The summed E-state index contributed by atoms with van der Waals surface area (Å²) in [5, 5.41) is 11.5. The molecule has 1 fully saturated rings. The molecule has 2 aromatic rings. The molecule has 1 aliphatic rings. The SMILES string of the molecule is CC1(Nc2nnc3ccccc3n2)CCOC1. The van der Waals surface area contributed by atoms with Gasteiger partial charge in [0.15, 0.2) is 0 Å². The third-order valence-corrected chi connectivity index (χ3v) is 2.99. The maximum Gasteiger partial charge on any atom is 0.243 e. The Morgan fingerprint density at radius 1 is 1.24 bits per heavy atom. The van der Waals surface area contributed by atoms with Gasteiger partial charge in [0.2, 0.25) is 5.95 Å². The average molecular weight is 230 g/mol. The van der Waals surface area contributed by atoms with Gasteiger partial charge in [-0.3, -0.25) is 0 Å². The van der Waals surface area contributed by atoms with Crippen LogP contribution in [0.2, 0.25) is 0 Å². The normalized spacial score (nSPS) is 24.1. The molecule has 1 aliphatic heterocycles. The lowest BCUT2D eigenvalue weighted by molar-refractivity contribution is 0.185. The summed E-state index contributed by atoms with van der Waals surface area (Å²) >= 11 is 0. The number of hydrogen-bond donors (Lipinski definition) is 1. The molecule has 0 spiro atoms. The van der Waals surface area contributed by atoms with Gasteiger partial charge < -0.3 is 10.1 Å². The van der Waals surface area contributed by atoms with Crippen LogP contribution < -0.4 is 5.32 Å². The van der Waals surface area contributed by atoms with Gasteiger partial charge in [0.1, 0.15) is 5.52 Å². The van der Waals surface area contributed by atoms with E-state index in [2.05, 4.69) is 27.4 Å². The minimum Gasteiger partial charge on any atom is -0.379 e. The Hall–Kier alpha value is -1.75. The Morgan fingerprint density at radius 2 is 2.06 bits per heavy atom. The van der Waals surface area contributed by atoms with Gasteiger partial charge in [-0.05, 0) is 25.5 Å². The first kappa shape index (κ1) is 10.4. The van der Waals surface area contributed by atoms with Crippen LogP contribution in [-0.4, -0.2) is 33.9 Å². The first-order valence-corrected chi connectivity index (χ1v) is 5.71. The average Bonchev–Trinajstić information content (AvgIpc) is 2.76. The number of nitrogens with one attached hydrogen (secondary N) is 1. The van der Waals surface area contributed by atoms with E-state index in [1.54, 1.807) is 0 Å². The number of rotatable bonds is 2. The highest BCUT2D eigenvalue weighted by Gasteiger charge is 2.30. The Balaban J connectivity index is 1.90. The Labute approximate surface area is 99.2 Å². The molecular weight excluding hydrogens is 216 g/mol. The van der Waals surface area contributed by atoms with Gasteiger partial charge in [0.05, 0.1) is 17.7 Å². The van der Waals surface area contributed by atoms with Crippen LogP contribution in [-0.2, 0) is 4.74 Å². The molecular formula is C12H14N4O. The molecule has 88 valence electrons. The van der Waals surface area contributed by atoms with Crippen molar-refractivity contribution in [1.29, 1.82) is 0 Å². The highest BCUT2D eigenvalue weighted by molar-refractivity contribution is 5.74. The zero-order valence-electron chi connectivity index (χ0n) is 9.68. The molecule has 1 unspecified atom stereocenters.